The summed E-state index contributed by atoms with van der Waals surface area (Å²) in [5.74, 6) is 1.30. The fourth-order valence-electron chi connectivity index (χ4n) is 5.58. The van der Waals surface area contributed by atoms with Crippen LogP contribution in [0.25, 0.3) is 11.1 Å². The number of hydrogen-bond acceptors (Lipinski definition) is 8. The molecule has 2 unspecified atom stereocenters. The summed E-state index contributed by atoms with van der Waals surface area (Å²) >= 11 is 0. The number of unbranched alkanes of at least 4 members (excludes halogenated alkanes) is 1. The van der Waals surface area contributed by atoms with E-state index in [-0.39, 0.29) is 24.9 Å². The molecule has 0 radical (unpaired) electrons. The lowest BCUT2D eigenvalue weighted by molar-refractivity contribution is -0.0737. The van der Waals surface area contributed by atoms with E-state index in [9.17, 15) is 4.79 Å². The van der Waals surface area contributed by atoms with E-state index in [2.05, 4.69) is 41.4 Å². The van der Waals surface area contributed by atoms with E-state index in [0.717, 1.165) is 54.7 Å². The van der Waals surface area contributed by atoms with Crippen LogP contribution in [0.15, 0.2) is 30.3 Å². The summed E-state index contributed by atoms with van der Waals surface area (Å²) in [5.41, 5.74) is 2.50. The normalized spacial score (nSPS) is 19.9. The number of benzene rings is 1. The third-order valence-corrected chi connectivity index (χ3v) is 7.76. The molecule has 1 amide bonds. The van der Waals surface area contributed by atoms with Crippen molar-refractivity contribution in [3.63, 3.8) is 0 Å². The number of carbonyl (C=O) groups excluding carboxylic acids is 1. The summed E-state index contributed by atoms with van der Waals surface area (Å²) < 4.78 is 29.2. The monoisotopic (exact) mass is 583 g/mol. The van der Waals surface area contributed by atoms with Crippen molar-refractivity contribution in [1.29, 1.82) is 0 Å². The van der Waals surface area contributed by atoms with Gasteiger partial charge in [-0.05, 0) is 77.0 Å². The van der Waals surface area contributed by atoms with Crippen LogP contribution < -0.4 is 9.47 Å². The third-order valence-electron chi connectivity index (χ3n) is 7.76. The zero-order valence-electron chi connectivity index (χ0n) is 26.1. The van der Waals surface area contributed by atoms with Gasteiger partial charge in [-0.2, -0.15) is 5.10 Å². The van der Waals surface area contributed by atoms with Gasteiger partial charge in [0.1, 0.15) is 24.2 Å². The average molecular weight is 584 g/mol. The zero-order chi connectivity index (χ0) is 30.0. The highest BCUT2D eigenvalue weighted by Crippen LogP contribution is 2.31. The molecule has 1 saturated carbocycles. The molecule has 1 aliphatic heterocycles. The van der Waals surface area contributed by atoms with Gasteiger partial charge >= 0.3 is 6.09 Å². The number of methoxy groups -OCH3 is 1. The van der Waals surface area contributed by atoms with Crippen molar-refractivity contribution >= 4 is 6.09 Å². The molecule has 2 heterocycles. The van der Waals surface area contributed by atoms with Gasteiger partial charge < -0.3 is 28.6 Å². The molecule has 9 nitrogen and oxygen atoms in total. The van der Waals surface area contributed by atoms with Crippen LogP contribution in [0.1, 0.15) is 84.8 Å². The molecular formula is C33H49N3O6. The number of carbonyl (C=O) groups is 1. The van der Waals surface area contributed by atoms with Gasteiger partial charge in [-0.15, -0.1) is 5.10 Å². The van der Waals surface area contributed by atoms with Gasteiger partial charge in [-0.25, -0.2) is 4.79 Å². The first kappa shape index (κ1) is 32.0. The van der Waals surface area contributed by atoms with Crippen molar-refractivity contribution in [2.75, 3.05) is 33.6 Å². The largest absolute Gasteiger partial charge is 0.490 e. The first-order chi connectivity index (χ1) is 20.3. The molecule has 1 aliphatic carbocycles. The van der Waals surface area contributed by atoms with E-state index in [4.69, 9.17) is 23.7 Å². The number of aromatic nitrogens is 2. The van der Waals surface area contributed by atoms with Crippen LogP contribution in [0.3, 0.4) is 0 Å². The van der Waals surface area contributed by atoms with Gasteiger partial charge in [0.25, 0.3) is 0 Å². The number of rotatable bonds is 12. The maximum atomic E-state index is 12.8. The maximum Gasteiger partial charge on any atom is 0.410 e. The quantitative estimate of drug-likeness (QED) is 0.198. The summed E-state index contributed by atoms with van der Waals surface area (Å²) in [5, 5.41) is 9.09. The number of likely N-dealkylation sites (tertiary alicyclic amines) is 1. The Labute approximate surface area is 251 Å². The first-order valence-corrected chi connectivity index (χ1v) is 15.6. The summed E-state index contributed by atoms with van der Waals surface area (Å²) in [7, 11) is 1.59. The van der Waals surface area contributed by atoms with E-state index in [1.165, 1.54) is 19.3 Å². The van der Waals surface area contributed by atoms with E-state index in [1.807, 2.05) is 26.8 Å². The van der Waals surface area contributed by atoms with E-state index in [0.29, 0.717) is 38.1 Å². The number of hydrogen-bond donors (Lipinski definition) is 0. The summed E-state index contributed by atoms with van der Waals surface area (Å²) in [6, 6.07) is 10.3. The lowest BCUT2D eigenvalue weighted by atomic mass is 9.95. The lowest BCUT2D eigenvalue weighted by Gasteiger charge is -2.38. The molecule has 1 aromatic carbocycles. The van der Waals surface area contributed by atoms with Gasteiger partial charge in [0.15, 0.2) is 0 Å². The number of nitrogens with zero attached hydrogens (tertiary/aromatic N) is 3. The van der Waals surface area contributed by atoms with Crippen molar-refractivity contribution < 1.29 is 28.5 Å². The second kappa shape index (κ2) is 15.5. The maximum absolute atomic E-state index is 12.8. The number of ether oxygens (including phenoxy) is 5. The van der Waals surface area contributed by atoms with Crippen molar-refractivity contribution in [2.45, 2.75) is 103 Å². The Kier molecular flexibility index (Phi) is 11.8. The summed E-state index contributed by atoms with van der Waals surface area (Å²) in [6.07, 6.45) is 9.44. The molecule has 2 aliphatic rings. The highest BCUT2D eigenvalue weighted by atomic mass is 16.7. The van der Waals surface area contributed by atoms with Crippen molar-refractivity contribution in [1.82, 2.24) is 15.1 Å². The molecule has 2 fully saturated rings. The van der Waals surface area contributed by atoms with E-state index < -0.39 is 5.60 Å². The van der Waals surface area contributed by atoms with Crippen LogP contribution in [0.4, 0.5) is 4.79 Å². The predicted octanol–water partition coefficient (Wildman–Crippen LogP) is 6.82. The van der Waals surface area contributed by atoms with Crippen LogP contribution in [0.5, 0.6) is 11.6 Å². The minimum absolute atomic E-state index is 0.0809. The number of amides is 1. The fraction of sp³-hybridized carbons (Fsp3) is 0.667. The molecule has 9 heteroatoms. The Balaban J connectivity index is 1.50. The van der Waals surface area contributed by atoms with Crippen LogP contribution >= 0.6 is 0 Å². The molecule has 2 aromatic rings. The minimum Gasteiger partial charge on any atom is -0.490 e. The van der Waals surface area contributed by atoms with E-state index >= 15 is 0 Å². The topological polar surface area (TPSA) is 92.2 Å². The standard InChI is InChI=1S/C33H49N3O6/c1-6-7-13-29-28(24-14-16-27(17-15-24)40-26-11-9-8-10-12-26)20-31(35-34-29)41-30-18-19-36(32(37)42-33(2,3)4)21-25(30)22-39-23-38-5/h14-17,20,25-26,30H,6-13,18-19,21-23H2,1-5H3. The first-order valence-electron chi connectivity index (χ1n) is 15.6. The third kappa shape index (κ3) is 9.56. The molecule has 1 aromatic heterocycles. The molecule has 0 spiro atoms. The molecule has 2 atom stereocenters. The number of aryl methyl sites for hydroxylation is 1. The molecule has 232 valence electrons. The molecule has 42 heavy (non-hydrogen) atoms. The predicted molar refractivity (Wildman–Crippen MR) is 162 cm³/mol. The average Bonchev–Trinajstić information content (AvgIpc) is 2.97. The fourth-order valence-corrected chi connectivity index (χ4v) is 5.58. The summed E-state index contributed by atoms with van der Waals surface area (Å²) in [4.78, 5) is 14.5. The summed E-state index contributed by atoms with van der Waals surface area (Å²) in [6.45, 7) is 9.34. The SMILES string of the molecule is CCCCc1nnc(OC2CCN(C(=O)OC(C)(C)C)CC2COCOC)cc1-c1ccc(OC2CCCCC2)cc1. The van der Waals surface area contributed by atoms with Gasteiger partial charge in [-0.3, -0.25) is 0 Å². The minimum atomic E-state index is -0.557. The molecule has 0 N–H and O–H groups in total. The zero-order valence-corrected chi connectivity index (χ0v) is 26.1. The van der Waals surface area contributed by atoms with Crippen LogP contribution in [0, 0.1) is 5.92 Å². The molecule has 4 rings (SSSR count). The molecule has 1 saturated heterocycles. The van der Waals surface area contributed by atoms with Crippen molar-refractivity contribution in [3.05, 3.63) is 36.0 Å². The van der Waals surface area contributed by atoms with Crippen LogP contribution in [0.2, 0.25) is 0 Å². The number of piperidine rings is 1. The highest BCUT2D eigenvalue weighted by molar-refractivity contribution is 5.68. The van der Waals surface area contributed by atoms with Crippen LogP contribution in [-0.4, -0.2) is 72.6 Å². The van der Waals surface area contributed by atoms with Gasteiger partial charge in [0.05, 0.1) is 18.4 Å². The van der Waals surface area contributed by atoms with Gasteiger partial charge in [-0.1, -0.05) is 31.9 Å². The van der Waals surface area contributed by atoms with Crippen molar-refractivity contribution in [2.24, 2.45) is 5.92 Å². The van der Waals surface area contributed by atoms with Gasteiger partial charge in [0, 0.05) is 44.2 Å². The van der Waals surface area contributed by atoms with Crippen molar-refractivity contribution in [3.8, 4) is 22.8 Å². The highest BCUT2D eigenvalue weighted by Gasteiger charge is 2.35. The molecular weight excluding hydrogens is 534 g/mol. The Morgan fingerprint density at radius 1 is 1.02 bits per heavy atom. The lowest BCUT2D eigenvalue weighted by Crippen LogP contribution is -2.50. The van der Waals surface area contributed by atoms with Crippen LogP contribution in [-0.2, 0) is 20.6 Å². The Bertz CT molecular complexity index is 1110. The molecule has 0 bridgehead atoms. The Morgan fingerprint density at radius 3 is 2.48 bits per heavy atom. The van der Waals surface area contributed by atoms with E-state index in [1.54, 1.807) is 12.0 Å². The second-order valence-electron chi connectivity index (χ2n) is 12.5. The Hall–Kier alpha value is -2.91. The second-order valence-corrected chi connectivity index (χ2v) is 12.5. The van der Waals surface area contributed by atoms with Gasteiger partial charge in [0.2, 0.25) is 5.88 Å². The Morgan fingerprint density at radius 2 is 1.79 bits per heavy atom. The smallest absolute Gasteiger partial charge is 0.410 e.